The van der Waals surface area contributed by atoms with Crippen LogP contribution in [0.5, 0.6) is 0 Å². The van der Waals surface area contributed by atoms with Gasteiger partial charge in [0.2, 0.25) is 0 Å². The fourth-order valence-electron chi connectivity index (χ4n) is 2.65. The van der Waals surface area contributed by atoms with E-state index in [-0.39, 0.29) is 12.2 Å². The first kappa shape index (κ1) is 20.1. The lowest BCUT2D eigenvalue weighted by atomic mass is 10.1. The van der Waals surface area contributed by atoms with E-state index in [2.05, 4.69) is 10.4 Å². The quantitative estimate of drug-likeness (QED) is 0.516. The van der Waals surface area contributed by atoms with Crippen LogP contribution in [-0.2, 0) is 4.74 Å². The van der Waals surface area contributed by atoms with Gasteiger partial charge in [0.25, 0.3) is 5.91 Å². The Kier molecular flexibility index (Phi) is 5.67. The summed E-state index contributed by atoms with van der Waals surface area (Å²) in [7, 11) is 0. The number of nitrogens with zero attached hydrogens (tertiary/aromatic N) is 2. The molecule has 0 bridgehead atoms. The van der Waals surface area contributed by atoms with Crippen LogP contribution < -0.4 is 5.32 Å². The zero-order valence-electron chi connectivity index (χ0n) is 15.5. The van der Waals surface area contributed by atoms with Gasteiger partial charge in [-0.2, -0.15) is 5.10 Å². The van der Waals surface area contributed by atoms with E-state index < -0.39 is 35.0 Å². The maximum absolute atomic E-state index is 13.7. The van der Waals surface area contributed by atoms with Crippen LogP contribution in [0.2, 0.25) is 0 Å². The molecule has 29 heavy (non-hydrogen) atoms. The van der Waals surface area contributed by atoms with E-state index in [9.17, 15) is 22.8 Å². The molecule has 0 unspecified atom stereocenters. The van der Waals surface area contributed by atoms with Crippen LogP contribution in [0.1, 0.15) is 33.3 Å². The van der Waals surface area contributed by atoms with Crippen molar-refractivity contribution in [3.05, 3.63) is 76.9 Å². The average Bonchev–Trinajstić information content (AvgIpc) is 3.10. The van der Waals surface area contributed by atoms with Crippen molar-refractivity contribution in [2.75, 3.05) is 11.9 Å². The number of hydrogen-bond donors (Lipinski definition) is 1. The molecule has 1 heterocycles. The first-order valence-electron chi connectivity index (χ1n) is 8.60. The number of amides is 1. The second kappa shape index (κ2) is 8.17. The standard InChI is InChI=1S/C20H16F3N3O3/c1-3-29-20(28)14-10-24-26(11(14)2)13-6-4-12(5-7-13)19(27)25-16-9-8-15(21)17(22)18(16)23/h4-10H,3H2,1-2H3,(H,25,27). The highest BCUT2D eigenvalue weighted by atomic mass is 19.2. The van der Waals surface area contributed by atoms with Gasteiger partial charge in [-0.05, 0) is 50.2 Å². The predicted molar refractivity (Wildman–Crippen MR) is 98.5 cm³/mol. The molecule has 2 aromatic carbocycles. The maximum atomic E-state index is 13.7. The molecule has 150 valence electrons. The van der Waals surface area contributed by atoms with Crippen molar-refractivity contribution in [2.24, 2.45) is 0 Å². The molecule has 0 fully saturated rings. The Balaban J connectivity index is 1.80. The number of rotatable bonds is 5. The van der Waals surface area contributed by atoms with Crippen molar-refractivity contribution in [1.82, 2.24) is 9.78 Å². The number of anilines is 1. The SMILES string of the molecule is CCOC(=O)c1cnn(-c2ccc(C(=O)Nc3ccc(F)c(F)c3F)cc2)c1C. The molecule has 0 atom stereocenters. The smallest absolute Gasteiger partial charge is 0.341 e. The Morgan fingerprint density at radius 2 is 1.76 bits per heavy atom. The summed E-state index contributed by atoms with van der Waals surface area (Å²) < 4.78 is 46.5. The van der Waals surface area contributed by atoms with Crippen LogP contribution in [0.25, 0.3) is 5.69 Å². The zero-order valence-corrected chi connectivity index (χ0v) is 15.5. The van der Waals surface area contributed by atoms with Gasteiger partial charge in [-0.1, -0.05) is 0 Å². The number of nitrogens with one attached hydrogen (secondary N) is 1. The third kappa shape index (κ3) is 3.98. The average molecular weight is 403 g/mol. The van der Waals surface area contributed by atoms with Gasteiger partial charge in [0.15, 0.2) is 17.5 Å². The molecule has 0 spiro atoms. The summed E-state index contributed by atoms with van der Waals surface area (Å²) in [5.74, 6) is -5.67. The number of halogens is 3. The van der Waals surface area contributed by atoms with Gasteiger partial charge >= 0.3 is 5.97 Å². The molecule has 0 saturated carbocycles. The molecule has 0 saturated heterocycles. The lowest BCUT2D eigenvalue weighted by molar-refractivity contribution is 0.0525. The molecule has 9 heteroatoms. The number of aromatic nitrogens is 2. The minimum atomic E-state index is -1.66. The summed E-state index contributed by atoms with van der Waals surface area (Å²) in [6, 6.07) is 7.71. The Bertz CT molecular complexity index is 1080. The normalized spacial score (nSPS) is 10.7. The maximum Gasteiger partial charge on any atom is 0.341 e. The fraction of sp³-hybridized carbons (Fsp3) is 0.150. The van der Waals surface area contributed by atoms with Crippen molar-refractivity contribution in [3.63, 3.8) is 0 Å². The van der Waals surface area contributed by atoms with Gasteiger partial charge in [-0.25, -0.2) is 22.6 Å². The Hall–Kier alpha value is -3.62. The van der Waals surface area contributed by atoms with Crippen molar-refractivity contribution in [3.8, 4) is 5.69 Å². The van der Waals surface area contributed by atoms with Gasteiger partial charge in [-0.15, -0.1) is 0 Å². The van der Waals surface area contributed by atoms with Crippen LogP contribution in [0.3, 0.4) is 0 Å². The van der Waals surface area contributed by atoms with Crippen LogP contribution in [-0.4, -0.2) is 28.3 Å². The van der Waals surface area contributed by atoms with Gasteiger partial charge in [0, 0.05) is 5.56 Å². The third-order valence-corrected chi connectivity index (χ3v) is 4.16. The third-order valence-electron chi connectivity index (χ3n) is 4.16. The number of ether oxygens (including phenoxy) is 1. The molecule has 1 amide bonds. The number of hydrogen-bond acceptors (Lipinski definition) is 4. The van der Waals surface area contributed by atoms with Crippen LogP contribution in [0, 0.1) is 24.4 Å². The first-order valence-corrected chi connectivity index (χ1v) is 8.60. The summed E-state index contributed by atoms with van der Waals surface area (Å²) in [5, 5.41) is 6.34. The molecule has 3 rings (SSSR count). The van der Waals surface area contributed by atoms with Gasteiger partial charge in [-0.3, -0.25) is 4.79 Å². The van der Waals surface area contributed by atoms with Crippen molar-refractivity contribution in [2.45, 2.75) is 13.8 Å². The Morgan fingerprint density at radius 3 is 2.41 bits per heavy atom. The van der Waals surface area contributed by atoms with E-state index in [1.807, 2.05) is 0 Å². The second-order valence-electron chi connectivity index (χ2n) is 6.00. The summed E-state index contributed by atoms with van der Waals surface area (Å²) in [6.45, 7) is 3.64. The van der Waals surface area contributed by atoms with Crippen LogP contribution >= 0.6 is 0 Å². The minimum absolute atomic E-state index is 0.160. The van der Waals surface area contributed by atoms with Gasteiger partial charge in [0.1, 0.15) is 5.56 Å². The molecule has 0 aliphatic heterocycles. The highest BCUT2D eigenvalue weighted by Crippen LogP contribution is 2.21. The highest BCUT2D eigenvalue weighted by Gasteiger charge is 2.18. The van der Waals surface area contributed by atoms with E-state index in [0.29, 0.717) is 16.9 Å². The predicted octanol–water partition coefficient (Wildman–Crippen LogP) is 4.03. The minimum Gasteiger partial charge on any atom is -0.462 e. The lowest BCUT2D eigenvalue weighted by Crippen LogP contribution is -2.14. The molecular formula is C20H16F3N3O3. The Labute approximate surface area is 163 Å². The molecule has 1 N–H and O–H groups in total. The summed E-state index contributed by atoms with van der Waals surface area (Å²) in [5.41, 5.74) is 1.15. The van der Waals surface area contributed by atoms with Crippen LogP contribution in [0.15, 0.2) is 42.6 Å². The first-order chi connectivity index (χ1) is 13.8. The molecule has 3 aromatic rings. The highest BCUT2D eigenvalue weighted by molar-refractivity contribution is 6.04. The van der Waals surface area contributed by atoms with Crippen LogP contribution in [0.4, 0.5) is 18.9 Å². The Morgan fingerprint density at radius 1 is 1.07 bits per heavy atom. The zero-order chi connectivity index (χ0) is 21.1. The summed E-state index contributed by atoms with van der Waals surface area (Å²) in [6.07, 6.45) is 1.39. The summed E-state index contributed by atoms with van der Waals surface area (Å²) >= 11 is 0. The van der Waals surface area contributed by atoms with E-state index in [1.54, 1.807) is 26.0 Å². The largest absolute Gasteiger partial charge is 0.462 e. The number of carbonyl (C=O) groups is 2. The lowest BCUT2D eigenvalue weighted by Gasteiger charge is -2.09. The monoisotopic (exact) mass is 403 g/mol. The van der Waals surface area contributed by atoms with E-state index in [1.165, 1.54) is 23.0 Å². The molecule has 6 nitrogen and oxygen atoms in total. The number of benzene rings is 2. The number of carbonyl (C=O) groups excluding carboxylic acids is 2. The van der Waals surface area contributed by atoms with Gasteiger partial charge in [0.05, 0.1) is 29.9 Å². The van der Waals surface area contributed by atoms with Crippen molar-refractivity contribution < 1.29 is 27.5 Å². The topological polar surface area (TPSA) is 73.2 Å². The fourth-order valence-corrected chi connectivity index (χ4v) is 2.65. The van der Waals surface area contributed by atoms with Crippen molar-refractivity contribution in [1.29, 1.82) is 0 Å². The molecular weight excluding hydrogens is 387 g/mol. The second-order valence-corrected chi connectivity index (χ2v) is 6.00. The van der Waals surface area contributed by atoms with Gasteiger partial charge < -0.3 is 10.1 Å². The molecule has 1 aromatic heterocycles. The number of esters is 1. The van der Waals surface area contributed by atoms with E-state index in [0.717, 1.165) is 12.1 Å². The summed E-state index contributed by atoms with van der Waals surface area (Å²) in [4.78, 5) is 24.2. The van der Waals surface area contributed by atoms with E-state index in [4.69, 9.17) is 4.74 Å². The molecule has 0 aliphatic rings. The molecule has 0 radical (unpaired) electrons. The van der Waals surface area contributed by atoms with Crippen molar-refractivity contribution >= 4 is 17.6 Å². The van der Waals surface area contributed by atoms with E-state index >= 15 is 0 Å². The molecule has 0 aliphatic carbocycles.